The van der Waals surface area contributed by atoms with E-state index in [1.807, 2.05) is 6.92 Å². The summed E-state index contributed by atoms with van der Waals surface area (Å²) in [6.07, 6.45) is -3.00. The lowest BCUT2D eigenvalue weighted by Crippen LogP contribution is -2.19. The first-order chi connectivity index (χ1) is 7.80. The summed E-state index contributed by atoms with van der Waals surface area (Å²) in [5.74, 6) is 0.236. The van der Waals surface area contributed by atoms with E-state index in [1.165, 1.54) is 0 Å². The van der Waals surface area contributed by atoms with E-state index < -0.39 is 11.7 Å². The van der Waals surface area contributed by atoms with Gasteiger partial charge in [0.2, 0.25) is 0 Å². The maximum absolute atomic E-state index is 12.3. The number of nitrogens with zero attached hydrogens (tertiary/aromatic N) is 1. The van der Waals surface area contributed by atoms with Crippen molar-refractivity contribution in [3.05, 3.63) is 22.8 Å². The van der Waals surface area contributed by atoms with E-state index in [1.54, 1.807) is 0 Å². The summed E-state index contributed by atoms with van der Waals surface area (Å²) in [6, 6.07) is 0.860. The number of hydrogen-bond acceptors (Lipinski definition) is 3. The molecule has 0 saturated heterocycles. The fraction of sp³-hybridized carbons (Fsp3) is 0.500. The van der Waals surface area contributed by atoms with E-state index in [-0.39, 0.29) is 16.9 Å². The molecule has 17 heavy (non-hydrogen) atoms. The van der Waals surface area contributed by atoms with Gasteiger partial charge < -0.3 is 11.1 Å². The molecule has 0 saturated carbocycles. The highest BCUT2D eigenvalue weighted by molar-refractivity contribution is 6.32. The molecule has 1 unspecified atom stereocenters. The third-order valence-electron chi connectivity index (χ3n) is 2.06. The highest BCUT2D eigenvalue weighted by atomic mass is 35.5. The van der Waals surface area contributed by atoms with E-state index in [2.05, 4.69) is 10.3 Å². The van der Waals surface area contributed by atoms with Crippen LogP contribution in [0.4, 0.5) is 19.0 Å². The molecule has 1 heterocycles. The molecule has 0 bridgehead atoms. The van der Waals surface area contributed by atoms with Crippen molar-refractivity contribution >= 4 is 17.4 Å². The molecule has 0 spiro atoms. The molecule has 0 aliphatic rings. The molecule has 3 N–H and O–H groups in total. The Bertz CT molecular complexity index is 380. The first kappa shape index (κ1) is 14.1. The highest BCUT2D eigenvalue weighted by Crippen LogP contribution is 2.32. The topological polar surface area (TPSA) is 50.9 Å². The molecule has 0 aliphatic carbocycles. The molecular formula is C10H13ClF3N3. The van der Waals surface area contributed by atoms with Gasteiger partial charge in [-0.05, 0) is 19.4 Å². The molecule has 0 aliphatic heterocycles. The van der Waals surface area contributed by atoms with Gasteiger partial charge in [0.15, 0.2) is 0 Å². The molecule has 0 radical (unpaired) electrons. The second-order valence-corrected chi connectivity index (χ2v) is 4.15. The maximum atomic E-state index is 12.3. The van der Waals surface area contributed by atoms with E-state index >= 15 is 0 Å². The Labute approximate surface area is 102 Å². The van der Waals surface area contributed by atoms with Gasteiger partial charge in [0, 0.05) is 18.8 Å². The molecule has 0 fully saturated rings. The minimum Gasteiger partial charge on any atom is -0.369 e. The SMILES string of the molecule is CC(N)CCNc1ncc(C(F)(F)F)cc1Cl. The van der Waals surface area contributed by atoms with Crippen molar-refractivity contribution < 1.29 is 13.2 Å². The van der Waals surface area contributed by atoms with Crippen LogP contribution in [0.2, 0.25) is 5.02 Å². The Morgan fingerprint density at radius 3 is 2.65 bits per heavy atom. The number of nitrogens with two attached hydrogens (primary N) is 1. The van der Waals surface area contributed by atoms with Gasteiger partial charge in [-0.1, -0.05) is 11.6 Å². The van der Waals surface area contributed by atoms with E-state index in [0.717, 1.165) is 12.3 Å². The van der Waals surface area contributed by atoms with Gasteiger partial charge in [0.1, 0.15) is 5.82 Å². The van der Waals surface area contributed by atoms with Crippen LogP contribution in [0.15, 0.2) is 12.3 Å². The molecular weight excluding hydrogens is 255 g/mol. The predicted octanol–water partition coefficient (Wildman–Crippen LogP) is 2.90. The van der Waals surface area contributed by atoms with Gasteiger partial charge in [-0.3, -0.25) is 0 Å². The third-order valence-corrected chi connectivity index (χ3v) is 2.35. The molecule has 1 rings (SSSR count). The normalized spacial score (nSPS) is 13.5. The van der Waals surface area contributed by atoms with E-state index in [9.17, 15) is 13.2 Å². The number of hydrogen-bond donors (Lipinski definition) is 2. The Hall–Kier alpha value is -1.01. The Morgan fingerprint density at radius 2 is 2.18 bits per heavy atom. The fourth-order valence-corrected chi connectivity index (χ4v) is 1.37. The molecule has 1 atom stereocenters. The highest BCUT2D eigenvalue weighted by Gasteiger charge is 2.31. The number of nitrogens with one attached hydrogen (secondary N) is 1. The van der Waals surface area contributed by atoms with Crippen molar-refractivity contribution in [1.29, 1.82) is 0 Å². The largest absolute Gasteiger partial charge is 0.417 e. The van der Waals surface area contributed by atoms with E-state index in [0.29, 0.717) is 13.0 Å². The molecule has 0 amide bonds. The number of rotatable bonds is 4. The Balaban J connectivity index is 2.70. The number of halogens is 4. The van der Waals surface area contributed by atoms with Gasteiger partial charge in [-0.2, -0.15) is 13.2 Å². The first-order valence-electron chi connectivity index (χ1n) is 5.03. The monoisotopic (exact) mass is 267 g/mol. The van der Waals surface area contributed by atoms with Gasteiger partial charge >= 0.3 is 6.18 Å². The smallest absolute Gasteiger partial charge is 0.369 e. The van der Waals surface area contributed by atoms with Crippen molar-refractivity contribution in [3.8, 4) is 0 Å². The second kappa shape index (κ2) is 5.55. The van der Waals surface area contributed by atoms with Crippen LogP contribution in [0.5, 0.6) is 0 Å². The molecule has 0 aromatic carbocycles. The van der Waals surface area contributed by atoms with Crippen LogP contribution in [0.25, 0.3) is 0 Å². The second-order valence-electron chi connectivity index (χ2n) is 3.74. The minimum atomic E-state index is -4.43. The number of alkyl halides is 3. The van der Waals surface area contributed by atoms with Crippen LogP contribution in [0.1, 0.15) is 18.9 Å². The van der Waals surface area contributed by atoms with Crippen LogP contribution < -0.4 is 11.1 Å². The van der Waals surface area contributed by atoms with Crippen molar-refractivity contribution in [2.24, 2.45) is 5.73 Å². The summed E-state index contributed by atoms with van der Waals surface area (Å²) < 4.78 is 37.0. The quantitative estimate of drug-likeness (QED) is 0.882. The van der Waals surface area contributed by atoms with Crippen molar-refractivity contribution in [1.82, 2.24) is 4.98 Å². The van der Waals surface area contributed by atoms with Gasteiger partial charge in [0.05, 0.1) is 10.6 Å². The van der Waals surface area contributed by atoms with Gasteiger partial charge in [-0.15, -0.1) is 0 Å². The molecule has 7 heteroatoms. The van der Waals surface area contributed by atoms with Crippen LogP contribution in [-0.4, -0.2) is 17.6 Å². The summed E-state index contributed by atoms with van der Waals surface area (Å²) in [4.78, 5) is 3.64. The van der Waals surface area contributed by atoms with Crippen molar-refractivity contribution in [2.45, 2.75) is 25.6 Å². The lowest BCUT2D eigenvalue weighted by atomic mass is 10.2. The number of anilines is 1. The maximum Gasteiger partial charge on any atom is 0.417 e. The van der Waals surface area contributed by atoms with Crippen molar-refractivity contribution in [2.75, 3.05) is 11.9 Å². The Morgan fingerprint density at radius 1 is 1.53 bits per heavy atom. The Kier molecular flexibility index (Phi) is 4.59. The molecule has 3 nitrogen and oxygen atoms in total. The lowest BCUT2D eigenvalue weighted by Gasteiger charge is -2.11. The predicted molar refractivity (Wildman–Crippen MR) is 61.0 cm³/mol. The summed E-state index contributed by atoms with van der Waals surface area (Å²) in [7, 11) is 0. The molecule has 1 aromatic heterocycles. The standard InChI is InChI=1S/C10H13ClF3N3/c1-6(15)2-3-16-9-8(11)4-7(5-17-9)10(12,13)14/h4-6H,2-3,15H2,1H3,(H,16,17). The third kappa shape index (κ3) is 4.40. The average molecular weight is 268 g/mol. The van der Waals surface area contributed by atoms with Crippen LogP contribution in [0.3, 0.4) is 0 Å². The number of aromatic nitrogens is 1. The molecule has 96 valence electrons. The van der Waals surface area contributed by atoms with Crippen LogP contribution in [-0.2, 0) is 6.18 Å². The van der Waals surface area contributed by atoms with Crippen LogP contribution >= 0.6 is 11.6 Å². The lowest BCUT2D eigenvalue weighted by molar-refractivity contribution is -0.137. The zero-order valence-electron chi connectivity index (χ0n) is 9.18. The minimum absolute atomic E-state index is 0.00993. The van der Waals surface area contributed by atoms with Crippen molar-refractivity contribution in [3.63, 3.8) is 0 Å². The van der Waals surface area contributed by atoms with Gasteiger partial charge in [0.25, 0.3) is 0 Å². The van der Waals surface area contributed by atoms with E-state index in [4.69, 9.17) is 17.3 Å². The fourth-order valence-electron chi connectivity index (χ4n) is 1.14. The van der Waals surface area contributed by atoms with Gasteiger partial charge in [-0.25, -0.2) is 4.98 Å². The van der Waals surface area contributed by atoms with Crippen LogP contribution in [0, 0.1) is 0 Å². The summed E-state index contributed by atoms with van der Waals surface area (Å²) in [5.41, 5.74) is 4.67. The zero-order valence-corrected chi connectivity index (χ0v) is 9.94. The first-order valence-corrected chi connectivity index (χ1v) is 5.40. The average Bonchev–Trinajstić information content (AvgIpc) is 2.18. The summed E-state index contributed by atoms with van der Waals surface area (Å²) >= 11 is 5.69. The zero-order chi connectivity index (χ0) is 13.1. The molecule has 1 aromatic rings. The summed E-state index contributed by atoms with van der Waals surface area (Å²) in [6.45, 7) is 2.35. The number of pyridine rings is 1. The summed E-state index contributed by atoms with van der Waals surface area (Å²) in [5, 5.41) is 2.78.